The smallest absolute Gasteiger partial charge is 0.258 e. The molecule has 0 radical (unpaired) electrons. The molecule has 12 aromatic rings. The van der Waals surface area contributed by atoms with E-state index in [0.717, 1.165) is 99.3 Å². The summed E-state index contributed by atoms with van der Waals surface area (Å²) in [4.78, 5) is 59.6. The number of amides is 4. The number of aryl methyl sites for hydroxylation is 6. The Hall–Kier alpha value is -11.2. The molecule has 0 fully saturated rings. The van der Waals surface area contributed by atoms with Crippen LogP contribution in [0.1, 0.15) is 120 Å². The summed E-state index contributed by atoms with van der Waals surface area (Å²) in [6.45, 7) is 5.77. The maximum Gasteiger partial charge on any atom is 0.258 e. The number of fused-ring (bicyclic) bond motifs is 8. The molecule has 4 aromatic heterocycles. The Labute approximate surface area is 573 Å². The third kappa shape index (κ3) is 13.5. The van der Waals surface area contributed by atoms with Crippen LogP contribution in [0.2, 0.25) is 5.02 Å². The molecule has 98 heavy (non-hydrogen) atoms. The van der Waals surface area contributed by atoms with Gasteiger partial charge in [-0.2, -0.15) is 0 Å². The van der Waals surface area contributed by atoms with E-state index in [-0.39, 0.29) is 29.1 Å². The minimum atomic E-state index is -0.758. The van der Waals surface area contributed by atoms with Crippen LogP contribution in [-0.2, 0) is 80.1 Å². The van der Waals surface area contributed by atoms with Crippen molar-refractivity contribution in [2.24, 2.45) is 28.2 Å². The van der Waals surface area contributed by atoms with Crippen molar-refractivity contribution in [2.75, 3.05) is 19.6 Å². The van der Waals surface area contributed by atoms with Gasteiger partial charge in [-0.1, -0.05) is 108 Å². The van der Waals surface area contributed by atoms with Crippen molar-refractivity contribution in [3.63, 3.8) is 0 Å². The van der Waals surface area contributed by atoms with Crippen molar-refractivity contribution in [1.29, 1.82) is 0 Å². The van der Waals surface area contributed by atoms with Gasteiger partial charge in [0.25, 0.3) is 23.6 Å². The fraction of sp³-hybridized carbons (Fsp3) is 0.171. The van der Waals surface area contributed by atoms with Crippen molar-refractivity contribution in [1.82, 2.24) is 18.3 Å². The Kier molecular flexibility index (Phi) is 18.6. The summed E-state index contributed by atoms with van der Waals surface area (Å²) < 4.78 is 49.5. The fourth-order valence-corrected chi connectivity index (χ4v) is 13.6. The molecule has 0 aliphatic carbocycles. The van der Waals surface area contributed by atoms with E-state index in [1.165, 1.54) is 45.4 Å². The number of aromatic nitrogens is 4. The van der Waals surface area contributed by atoms with Gasteiger partial charge in [0.2, 0.25) is 0 Å². The van der Waals surface area contributed by atoms with Crippen molar-refractivity contribution in [3.8, 4) is 0 Å². The van der Waals surface area contributed by atoms with E-state index in [1.54, 1.807) is 53.1 Å². The van der Waals surface area contributed by atoms with E-state index in [9.17, 15) is 32.3 Å². The number of halogens is 4. The van der Waals surface area contributed by atoms with E-state index >= 15 is 0 Å². The zero-order chi connectivity index (χ0) is 68.5. The normalized spacial score (nSPS) is 13.2. The third-order valence-electron chi connectivity index (χ3n) is 19.0. The first-order chi connectivity index (χ1) is 47.3. The molecule has 0 bridgehead atoms. The number of hydrogen-bond donors (Lipinski definition) is 0. The Morgan fingerprint density at radius 2 is 0.622 bits per heavy atom. The Morgan fingerprint density at radius 3 is 0.959 bits per heavy atom. The highest BCUT2D eigenvalue weighted by Crippen LogP contribution is 2.37. The molecule has 4 aliphatic heterocycles. The molecule has 16 rings (SSSR count). The van der Waals surface area contributed by atoms with Gasteiger partial charge < -0.3 is 37.9 Å². The molecule has 12 nitrogen and oxygen atoms in total. The first-order valence-electron chi connectivity index (χ1n) is 32.5. The summed E-state index contributed by atoms with van der Waals surface area (Å²) in [6, 6.07) is 62.6. The number of rotatable bonds is 4. The van der Waals surface area contributed by atoms with Gasteiger partial charge in [-0.25, -0.2) is 13.2 Å². The van der Waals surface area contributed by atoms with Crippen LogP contribution in [0.25, 0.3) is 0 Å². The monoisotopic (exact) mass is 1320 g/mol. The van der Waals surface area contributed by atoms with Crippen LogP contribution in [-0.4, -0.2) is 41.9 Å². The average Bonchev–Trinajstić information content (AvgIpc) is 1.63. The maximum atomic E-state index is 14.0. The second-order valence-electron chi connectivity index (χ2n) is 25.4. The van der Waals surface area contributed by atoms with E-state index < -0.39 is 17.5 Å². The summed E-state index contributed by atoms with van der Waals surface area (Å²) in [6.07, 6.45) is 11.3. The molecule has 0 saturated heterocycles. The summed E-state index contributed by atoms with van der Waals surface area (Å²) in [5.74, 6) is -2.41. The van der Waals surface area contributed by atoms with Crippen LogP contribution in [0, 0.1) is 31.3 Å². The van der Waals surface area contributed by atoms with Gasteiger partial charge in [0.15, 0.2) is 0 Å². The van der Waals surface area contributed by atoms with Gasteiger partial charge in [-0.3, -0.25) is 19.2 Å². The molecular weight excluding hydrogens is 1250 g/mol. The molecule has 0 N–H and O–H groups in total. The lowest BCUT2D eigenvalue weighted by Crippen LogP contribution is -2.30. The second-order valence-corrected chi connectivity index (χ2v) is 25.8. The lowest BCUT2D eigenvalue weighted by molar-refractivity contribution is 0.0977. The Bertz CT molecular complexity index is 4850. The first-order valence-corrected chi connectivity index (χ1v) is 32.9. The predicted octanol–water partition coefficient (Wildman–Crippen LogP) is 16.8. The number of hydrogen-bond acceptors (Lipinski definition) is 4. The van der Waals surface area contributed by atoms with Crippen LogP contribution in [0.5, 0.6) is 0 Å². The third-order valence-corrected chi connectivity index (χ3v) is 19.2. The quantitative estimate of drug-likeness (QED) is 0.175. The molecule has 0 saturated carbocycles. The van der Waals surface area contributed by atoms with Crippen molar-refractivity contribution in [2.45, 2.75) is 65.7 Å². The number of anilines is 4. The molecule has 8 aromatic carbocycles. The molecule has 492 valence electrons. The standard InChI is InChI=1S/C21H19FN2O.C21H20N2O.C20H17ClN2O.C20H16F2N2O/c1-14-7-8-16(11-18(14)22)21(25)24-13-17-9-10-23(2)20(17)12-15-5-3-4-6-19(15)24;1-15-7-9-16(10-8-15)21(24)23-14-18-11-12-22(2)20(18)13-17-5-3-4-6-19(17)23;1-22-11-10-16-13-23(20(24)14-6-8-17(21)9-7-14)18-5-3-2-4-15(18)12-19(16)22;1-23-7-6-14-12-24(18-5-3-2-4-13(18)10-19(14)23)20(25)15-8-16(21)11-17(22)9-15/h3-11H,12-13H2,1-2H3;3-12H,13-14H2,1-2H3;2-11H,12-13H2,1H3;2-9,11H,10,12H2,1H3. The number of carbonyl (C=O) groups excluding carboxylic acids is 4. The predicted molar refractivity (Wildman–Crippen MR) is 381 cm³/mol. The molecule has 16 heteroatoms. The topological polar surface area (TPSA) is 101 Å². The molecular formula is C82H72ClF3N8O4. The van der Waals surface area contributed by atoms with Crippen LogP contribution < -0.4 is 19.6 Å². The van der Waals surface area contributed by atoms with Crippen LogP contribution in [0.3, 0.4) is 0 Å². The highest BCUT2D eigenvalue weighted by Gasteiger charge is 2.31. The van der Waals surface area contributed by atoms with Gasteiger partial charge >= 0.3 is 0 Å². The number of carbonyl (C=O) groups is 4. The molecule has 8 heterocycles. The van der Waals surface area contributed by atoms with E-state index in [2.05, 4.69) is 70.5 Å². The number of nitrogens with zero attached hydrogens (tertiary/aromatic N) is 8. The maximum absolute atomic E-state index is 14.0. The number of benzene rings is 8. The summed E-state index contributed by atoms with van der Waals surface area (Å²) >= 11 is 5.95. The lowest BCUT2D eigenvalue weighted by Gasteiger charge is -2.23. The van der Waals surface area contributed by atoms with Crippen molar-refractivity contribution in [3.05, 3.63) is 354 Å². The molecule has 0 spiro atoms. The van der Waals surface area contributed by atoms with Crippen LogP contribution in [0.15, 0.2) is 231 Å². The van der Waals surface area contributed by atoms with Crippen molar-refractivity contribution >= 4 is 58.0 Å². The Morgan fingerprint density at radius 1 is 0.327 bits per heavy atom. The zero-order valence-corrected chi connectivity index (χ0v) is 56.1. The lowest BCUT2D eigenvalue weighted by atomic mass is 10.1. The van der Waals surface area contributed by atoms with E-state index in [1.807, 2.05) is 163 Å². The summed E-state index contributed by atoms with van der Waals surface area (Å²) in [7, 11) is 8.12. The molecule has 4 aliphatic rings. The first kappa shape index (κ1) is 65.5. The number of para-hydroxylation sites is 4. The largest absolute Gasteiger partial charge is 0.354 e. The molecule has 4 amide bonds. The SMILES string of the molecule is Cc1ccc(C(=O)N2Cc3ccn(C)c3Cc3ccccc32)cc1.Cc1ccc(C(=O)N2Cc3ccn(C)c3Cc3ccccc32)cc1F.Cn1ccc2c1Cc1ccccc1N(C(=O)c1cc(F)cc(F)c1)C2.Cn1ccc2c1Cc1ccccc1N(C(=O)c1ccc(Cl)cc1)C2. The van der Waals surface area contributed by atoms with Gasteiger partial charge in [-0.05, 0) is 173 Å². The minimum absolute atomic E-state index is 0.00387. The van der Waals surface area contributed by atoms with E-state index in [4.69, 9.17) is 11.6 Å². The van der Waals surface area contributed by atoms with Gasteiger partial charge in [0.05, 0.1) is 26.2 Å². The van der Waals surface area contributed by atoms with Crippen LogP contribution >= 0.6 is 11.6 Å². The van der Waals surface area contributed by atoms with Gasteiger partial charge in [0, 0.05) is 158 Å². The zero-order valence-electron chi connectivity index (χ0n) is 55.3. The fourth-order valence-electron chi connectivity index (χ4n) is 13.5. The Balaban J connectivity index is 0.000000118. The highest BCUT2D eigenvalue weighted by atomic mass is 35.5. The van der Waals surface area contributed by atoms with Gasteiger partial charge in [0.1, 0.15) is 17.5 Å². The summed E-state index contributed by atoms with van der Waals surface area (Å²) in [5.41, 5.74) is 21.0. The minimum Gasteiger partial charge on any atom is -0.354 e. The van der Waals surface area contributed by atoms with Gasteiger partial charge in [-0.15, -0.1) is 0 Å². The highest BCUT2D eigenvalue weighted by molar-refractivity contribution is 6.30. The van der Waals surface area contributed by atoms with Crippen molar-refractivity contribution < 1.29 is 32.3 Å². The average molecular weight is 1330 g/mol. The second kappa shape index (κ2) is 27.9. The molecule has 0 unspecified atom stereocenters. The van der Waals surface area contributed by atoms with Crippen LogP contribution in [0.4, 0.5) is 35.9 Å². The molecule has 0 atom stereocenters. The summed E-state index contributed by atoms with van der Waals surface area (Å²) in [5, 5.41) is 0.633. The van der Waals surface area contributed by atoms with E-state index in [0.29, 0.717) is 54.3 Å².